The monoisotopic (exact) mass is 409 g/mol. The van der Waals surface area contributed by atoms with E-state index in [1.807, 2.05) is 0 Å². The van der Waals surface area contributed by atoms with Crippen LogP contribution >= 0.6 is 11.3 Å². The summed E-state index contributed by atoms with van der Waals surface area (Å²) in [4.78, 5) is 13.5. The zero-order chi connectivity index (χ0) is 19.7. The molecule has 2 aromatic rings. The fraction of sp³-hybridized carbons (Fsp3) is 0.600. The molecule has 1 heterocycles. The highest BCUT2D eigenvalue weighted by molar-refractivity contribution is 7.16. The first-order valence-electron chi connectivity index (χ1n) is 9.74. The minimum atomic E-state index is -4.38. The number of halogens is 3. The Bertz CT molecular complexity index is 985. The summed E-state index contributed by atoms with van der Waals surface area (Å²) in [5.41, 5.74) is 2.24. The van der Waals surface area contributed by atoms with Crippen LogP contribution in [0.1, 0.15) is 44.1 Å². The van der Waals surface area contributed by atoms with Crippen LogP contribution in [0.5, 0.6) is 0 Å². The SMILES string of the molecule is Cn1/c(=N\NC(=O)C23CC4CC(CC(C4)C2)C3)sc2ccc(C(F)(F)F)cc21. The Balaban J connectivity index is 1.43. The van der Waals surface area contributed by atoms with Crippen molar-refractivity contribution in [2.45, 2.75) is 44.7 Å². The molecule has 0 atom stereocenters. The van der Waals surface area contributed by atoms with Crippen molar-refractivity contribution in [3.8, 4) is 0 Å². The Kier molecular flexibility index (Phi) is 3.96. The highest BCUT2D eigenvalue weighted by atomic mass is 32.1. The van der Waals surface area contributed by atoms with Crippen molar-refractivity contribution in [2.24, 2.45) is 35.3 Å². The van der Waals surface area contributed by atoms with Crippen molar-refractivity contribution in [3.05, 3.63) is 28.6 Å². The summed E-state index contributed by atoms with van der Waals surface area (Å²) in [6, 6.07) is 3.67. The number of fused-ring (bicyclic) bond motifs is 1. The summed E-state index contributed by atoms with van der Waals surface area (Å²) in [7, 11) is 1.68. The van der Waals surface area contributed by atoms with Crippen LogP contribution in [0.2, 0.25) is 0 Å². The third-order valence-corrected chi connectivity index (χ3v) is 8.02. The van der Waals surface area contributed by atoms with Crippen LogP contribution in [0.15, 0.2) is 23.3 Å². The lowest BCUT2D eigenvalue weighted by molar-refractivity contribution is -0.146. The Labute approximate surface area is 164 Å². The second kappa shape index (κ2) is 6.08. The van der Waals surface area contributed by atoms with Gasteiger partial charge in [-0.3, -0.25) is 4.79 Å². The molecule has 150 valence electrons. The van der Waals surface area contributed by atoms with E-state index in [1.165, 1.54) is 36.7 Å². The number of aryl methyl sites for hydroxylation is 1. The highest BCUT2D eigenvalue weighted by Gasteiger charge is 2.54. The third kappa shape index (κ3) is 2.88. The predicted octanol–water partition coefficient (Wildman–Crippen LogP) is 4.41. The summed E-state index contributed by atoms with van der Waals surface area (Å²) in [5, 5.41) is 4.29. The second-order valence-corrected chi connectivity index (χ2v) is 9.88. The maximum absolute atomic E-state index is 13.0. The Morgan fingerprint density at radius 2 is 1.79 bits per heavy atom. The molecule has 28 heavy (non-hydrogen) atoms. The molecule has 0 radical (unpaired) electrons. The minimum absolute atomic E-state index is 0.0139. The summed E-state index contributed by atoms with van der Waals surface area (Å²) in [5.74, 6) is 1.98. The molecule has 8 heteroatoms. The minimum Gasteiger partial charge on any atom is -0.318 e. The molecule has 1 aromatic carbocycles. The first-order chi connectivity index (χ1) is 13.2. The molecule has 0 aliphatic heterocycles. The fourth-order valence-electron chi connectivity index (χ4n) is 6.02. The number of amides is 1. The van der Waals surface area contributed by atoms with Gasteiger partial charge >= 0.3 is 6.18 Å². The van der Waals surface area contributed by atoms with Gasteiger partial charge in [0.05, 0.1) is 21.2 Å². The van der Waals surface area contributed by atoms with Crippen LogP contribution in [0.25, 0.3) is 10.2 Å². The van der Waals surface area contributed by atoms with Crippen molar-refractivity contribution in [3.63, 3.8) is 0 Å². The standard InChI is InChI=1S/C20H22F3N3OS/c1-26-15-7-14(20(21,22)23)2-3-16(15)28-18(26)25-24-17(27)19-8-11-4-12(9-19)6-13(5-11)10-19/h2-3,7,11-13H,4-6,8-10H2,1H3,(H,24,27)/b25-18+. The van der Waals surface area contributed by atoms with Gasteiger partial charge in [-0.25, -0.2) is 5.43 Å². The van der Waals surface area contributed by atoms with Crippen molar-refractivity contribution >= 4 is 27.5 Å². The van der Waals surface area contributed by atoms with Gasteiger partial charge in [0.1, 0.15) is 0 Å². The van der Waals surface area contributed by atoms with Crippen LogP contribution in [-0.4, -0.2) is 10.5 Å². The lowest BCUT2D eigenvalue weighted by atomic mass is 9.49. The van der Waals surface area contributed by atoms with E-state index in [-0.39, 0.29) is 11.3 Å². The molecule has 4 aliphatic carbocycles. The molecule has 4 nitrogen and oxygen atoms in total. The van der Waals surface area contributed by atoms with Gasteiger partial charge in [0, 0.05) is 7.05 Å². The highest BCUT2D eigenvalue weighted by Crippen LogP contribution is 2.60. The predicted molar refractivity (Wildman–Crippen MR) is 100 cm³/mol. The van der Waals surface area contributed by atoms with Crippen molar-refractivity contribution < 1.29 is 18.0 Å². The van der Waals surface area contributed by atoms with Crippen LogP contribution in [0.3, 0.4) is 0 Å². The summed E-state index contributed by atoms with van der Waals surface area (Å²) >= 11 is 1.28. The maximum atomic E-state index is 13.0. The zero-order valence-electron chi connectivity index (χ0n) is 15.6. The number of hydrogen-bond donors (Lipinski definition) is 1. The van der Waals surface area contributed by atoms with E-state index >= 15 is 0 Å². The van der Waals surface area contributed by atoms with Crippen LogP contribution in [0, 0.1) is 23.2 Å². The molecule has 4 fully saturated rings. The Morgan fingerprint density at radius 3 is 2.36 bits per heavy atom. The number of rotatable bonds is 2. The molecule has 1 amide bonds. The number of aromatic nitrogens is 1. The zero-order valence-corrected chi connectivity index (χ0v) is 16.4. The van der Waals surface area contributed by atoms with E-state index in [2.05, 4.69) is 10.5 Å². The number of carbonyl (C=O) groups excluding carboxylic acids is 1. The molecule has 0 unspecified atom stereocenters. The van der Waals surface area contributed by atoms with E-state index in [9.17, 15) is 18.0 Å². The molecule has 0 saturated heterocycles. The normalized spacial score (nSPS) is 32.3. The quantitative estimate of drug-likeness (QED) is 0.734. The van der Waals surface area contributed by atoms with Gasteiger partial charge in [-0.15, -0.1) is 5.10 Å². The molecule has 1 aromatic heterocycles. The van der Waals surface area contributed by atoms with E-state index in [0.717, 1.165) is 31.4 Å². The summed E-state index contributed by atoms with van der Waals surface area (Å²) in [6.07, 6.45) is 2.26. The van der Waals surface area contributed by atoms with Crippen molar-refractivity contribution in [1.29, 1.82) is 0 Å². The summed E-state index contributed by atoms with van der Waals surface area (Å²) < 4.78 is 41.3. The first-order valence-corrected chi connectivity index (χ1v) is 10.6. The molecular formula is C20H22F3N3OS. The van der Waals surface area contributed by atoms with Gasteiger partial charge in [0.15, 0.2) is 0 Å². The first kappa shape index (κ1) is 18.2. The van der Waals surface area contributed by atoms with E-state index < -0.39 is 11.7 Å². The average molecular weight is 409 g/mol. The smallest absolute Gasteiger partial charge is 0.318 e. The number of alkyl halides is 3. The van der Waals surface area contributed by atoms with E-state index in [0.29, 0.717) is 32.8 Å². The van der Waals surface area contributed by atoms with Gasteiger partial charge in [0.2, 0.25) is 10.7 Å². The molecule has 6 rings (SSSR count). The molecule has 4 aliphatic rings. The van der Waals surface area contributed by atoms with Gasteiger partial charge in [-0.05, 0) is 74.5 Å². The number of nitrogens with one attached hydrogen (secondary N) is 1. The number of hydrogen-bond acceptors (Lipinski definition) is 3. The lowest BCUT2D eigenvalue weighted by Crippen LogP contribution is -2.53. The van der Waals surface area contributed by atoms with E-state index in [4.69, 9.17) is 0 Å². The molecule has 0 spiro atoms. The largest absolute Gasteiger partial charge is 0.416 e. The van der Waals surface area contributed by atoms with Crippen molar-refractivity contribution in [1.82, 2.24) is 9.99 Å². The second-order valence-electron chi connectivity index (χ2n) is 8.87. The molecule has 4 bridgehead atoms. The van der Waals surface area contributed by atoms with Crippen LogP contribution < -0.4 is 10.2 Å². The van der Waals surface area contributed by atoms with Gasteiger partial charge in [-0.2, -0.15) is 13.2 Å². The van der Waals surface area contributed by atoms with Gasteiger partial charge in [0.25, 0.3) is 0 Å². The number of carbonyl (C=O) groups is 1. The van der Waals surface area contributed by atoms with Crippen molar-refractivity contribution in [2.75, 3.05) is 0 Å². The number of benzene rings is 1. The van der Waals surface area contributed by atoms with Gasteiger partial charge < -0.3 is 4.57 Å². The average Bonchev–Trinajstić information content (AvgIpc) is 2.93. The summed E-state index contributed by atoms with van der Waals surface area (Å²) in [6.45, 7) is 0. The Morgan fingerprint density at radius 1 is 1.18 bits per heavy atom. The van der Waals surface area contributed by atoms with Crippen LogP contribution in [-0.2, 0) is 18.0 Å². The molecule has 4 saturated carbocycles. The van der Waals surface area contributed by atoms with Gasteiger partial charge in [-0.1, -0.05) is 11.3 Å². The fourth-order valence-corrected chi connectivity index (χ4v) is 6.98. The maximum Gasteiger partial charge on any atom is 0.416 e. The number of nitrogens with zero attached hydrogens (tertiary/aromatic N) is 2. The van der Waals surface area contributed by atoms with E-state index in [1.54, 1.807) is 11.6 Å². The Hall–Kier alpha value is -1.83. The van der Waals surface area contributed by atoms with Crippen LogP contribution in [0.4, 0.5) is 13.2 Å². The molecular weight excluding hydrogens is 387 g/mol. The topological polar surface area (TPSA) is 46.4 Å². The molecule has 1 N–H and O–H groups in total. The lowest BCUT2D eigenvalue weighted by Gasteiger charge is -2.55. The third-order valence-electron chi connectivity index (χ3n) is 6.91. The number of thiazole rings is 1.